The molecule has 1 aliphatic heterocycles. The Hall–Kier alpha value is -2.99. The molecule has 1 saturated heterocycles. The maximum atomic E-state index is 14.2. The highest BCUT2D eigenvalue weighted by Crippen LogP contribution is 2.55. The lowest BCUT2D eigenvalue weighted by atomic mass is 9.87. The van der Waals surface area contributed by atoms with Gasteiger partial charge in [0.2, 0.25) is 0 Å². The summed E-state index contributed by atoms with van der Waals surface area (Å²) in [4.78, 5) is 24.3. The number of rotatable bonds is 5. The average molecular weight is 451 g/mol. The van der Waals surface area contributed by atoms with E-state index in [2.05, 4.69) is 15.3 Å². The van der Waals surface area contributed by atoms with Crippen LogP contribution in [0.5, 0.6) is 0 Å². The molecule has 1 saturated carbocycles. The van der Waals surface area contributed by atoms with Crippen LogP contribution < -0.4 is 5.32 Å². The van der Waals surface area contributed by atoms with Crippen LogP contribution in [0.4, 0.5) is 10.2 Å². The van der Waals surface area contributed by atoms with Gasteiger partial charge in [-0.15, -0.1) is 0 Å². The van der Waals surface area contributed by atoms with Crippen molar-refractivity contribution in [2.24, 2.45) is 5.41 Å². The zero-order valence-electron chi connectivity index (χ0n) is 17.6. The van der Waals surface area contributed by atoms with Crippen LogP contribution >= 0.6 is 11.6 Å². The number of aromatic nitrogens is 2. The molecule has 0 radical (unpaired) electrons. The third-order valence-corrected chi connectivity index (χ3v) is 6.83. The molecule has 1 aromatic carbocycles. The van der Waals surface area contributed by atoms with Crippen LogP contribution in [0.3, 0.4) is 0 Å². The van der Waals surface area contributed by atoms with Gasteiger partial charge in [0.05, 0.1) is 16.3 Å². The number of anilines is 1. The van der Waals surface area contributed by atoms with Crippen molar-refractivity contribution < 1.29 is 9.18 Å². The molecule has 5 rings (SSSR count). The fourth-order valence-electron chi connectivity index (χ4n) is 4.63. The van der Waals surface area contributed by atoms with E-state index in [1.54, 1.807) is 24.5 Å². The molecule has 164 valence electrons. The highest BCUT2D eigenvalue weighted by molar-refractivity contribution is 6.30. The van der Waals surface area contributed by atoms with Crippen LogP contribution in [0.25, 0.3) is 11.3 Å². The smallest absolute Gasteiger partial charge is 0.254 e. The molecule has 3 heterocycles. The first-order chi connectivity index (χ1) is 15.5. The zero-order valence-corrected chi connectivity index (χ0v) is 18.4. The lowest BCUT2D eigenvalue weighted by Gasteiger charge is -2.40. The summed E-state index contributed by atoms with van der Waals surface area (Å²) in [5.41, 5.74) is 2.01. The molecule has 1 N–H and O–H groups in total. The molecule has 1 atom stereocenters. The highest BCUT2D eigenvalue weighted by atomic mass is 35.5. The minimum atomic E-state index is -0.427. The lowest BCUT2D eigenvalue weighted by molar-refractivity contribution is 0.0546. The van der Waals surface area contributed by atoms with Crippen molar-refractivity contribution in [3.63, 3.8) is 0 Å². The van der Waals surface area contributed by atoms with Crippen LogP contribution in [0.1, 0.15) is 36.0 Å². The molecule has 3 aromatic rings. The molecule has 1 amide bonds. The molecule has 2 fully saturated rings. The van der Waals surface area contributed by atoms with E-state index >= 15 is 0 Å². The first-order valence-corrected chi connectivity index (χ1v) is 11.3. The van der Waals surface area contributed by atoms with Crippen LogP contribution in [0, 0.1) is 11.2 Å². The van der Waals surface area contributed by atoms with Gasteiger partial charge >= 0.3 is 0 Å². The SMILES string of the molecule is O=C(c1cc(F)ccc1-c1ccccn1)N1CCC2(CC2)C[C@H]1CNc1ccc(Cl)cn1. The molecule has 1 aliphatic carbocycles. The Morgan fingerprint density at radius 3 is 2.75 bits per heavy atom. The number of benzene rings is 1. The summed E-state index contributed by atoms with van der Waals surface area (Å²) in [5.74, 6) is 0.136. The Labute approximate surface area is 191 Å². The van der Waals surface area contributed by atoms with E-state index in [0.717, 1.165) is 18.7 Å². The molecule has 1 spiro atoms. The van der Waals surface area contributed by atoms with Crippen LogP contribution in [-0.2, 0) is 0 Å². The standard InChI is InChI=1S/C25H24ClFN4O/c26-17-4-7-23(29-15-17)30-16-19-14-25(8-9-25)10-12-31(19)24(32)21-13-18(27)5-6-20(21)22-3-1-2-11-28-22/h1-7,11,13,15,19H,8-10,12,14,16H2,(H,29,30)/t19-/m0/s1. The first-order valence-electron chi connectivity index (χ1n) is 10.9. The number of hydrogen-bond donors (Lipinski definition) is 1. The van der Waals surface area contributed by atoms with Gasteiger partial charge < -0.3 is 10.2 Å². The predicted molar refractivity (Wildman–Crippen MR) is 123 cm³/mol. The van der Waals surface area contributed by atoms with Crippen molar-refractivity contribution in [3.05, 3.63) is 77.3 Å². The summed E-state index contributed by atoms with van der Waals surface area (Å²) in [7, 11) is 0. The Morgan fingerprint density at radius 1 is 1.16 bits per heavy atom. The molecule has 2 aliphatic rings. The van der Waals surface area contributed by atoms with Crippen molar-refractivity contribution in [1.29, 1.82) is 0 Å². The van der Waals surface area contributed by atoms with Gasteiger partial charge in [0, 0.05) is 37.1 Å². The van der Waals surface area contributed by atoms with E-state index in [1.807, 2.05) is 29.2 Å². The minimum absolute atomic E-state index is 0.00363. The maximum Gasteiger partial charge on any atom is 0.254 e. The first kappa shape index (κ1) is 20.9. The number of hydrogen-bond acceptors (Lipinski definition) is 4. The second kappa shape index (κ2) is 8.51. The van der Waals surface area contributed by atoms with Gasteiger partial charge in [-0.3, -0.25) is 9.78 Å². The number of nitrogens with one attached hydrogen (secondary N) is 1. The fraction of sp³-hybridized carbons (Fsp3) is 0.320. The zero-order chi connectivity index (χ0) is 22.1. The van der Waals surface area contributed by atoms with Gasteiger partial charge in [0.25, 0.3) is 5.91 Å². The number of halogens is 2. The van der Waals surface area contributed by atoms with Crippen LogP contribution in [0.2, 0.25) is 5.02 Å². The topological polar surface area (TPSA) is 58.1 Å². The third-order valence-electron chi connectivity index (χ3n) is 6.61. The minimum Gasteiger partial charge on any atom is -0.368 e. The summed E-state index contributed by atoms with van der Waals surface area (Å²) in [6.07, 6.45) is 7.63. The van der Waals surface area contributed by atoms with E-state index in [9.17, 15) is 9.18 Å². The largest absolute Gasteiger partial charge is 0.368 e. The summed E-state index contributed by atoms with van der Waals surface area (Å²) < 4.78 is 14.2. The molecule has 32 heavy (non-hydrogen) atoms. The third kappa shape index (κ3) is 4.32. The predicted octanol–water partition coefficient (Wildman–Crippen LogP) is 5.43. The van der Waals surface area contributed by atoms with Gasteiger partial charge in [-0.05, 0) is 73.6 Å². The molecule has 0 bridgehead atoms. The normalized spacial score (nSPS) is 19.1. The molecule has 7 heteroatoms. The van der Waals surface area contributed by atoms with Crippen LogP contribution in [-0.4, -0.2) is 39.9 Å². The van der Waals surface area contributed by atoms with Crippen molar-refractivity contribution in [2.45, 2.75) is 31.7 Å². The van der Waals surface area contributed by atoms with E-state index in [0.29, 0.717) is 40.3 Å². The van der Waals surface area contributed by atoms with E-state index < -0.39 is 5.82 Å². The molecular weight excluding hydrogens is 427 g/mol. The van der Waals surface area contributed by atoms with Gasteiger partial charge in [-0.2, -0.15) is 0 Å². The van der Waals surface area contributed by atoms with Gasteiger partial charge in [-0.1, -0.05) is 17.7 Å². The maximum absolute atomic E-state index is 14.2. The molecule has 2 aromatic heterocycles. The number of likely N-dealkylation sites (tertiary alicyclic amines) is 1. The Bertz CT molecular complexity index is 1120. The van der Waals surface area contributed by atoms with Crippen molar-refractivity contribution in [1.82, 2.24) is 14.9 Å². The molecular formula is C25H24ClFN4O. The second-order valence-corrected chi connectivity index (χ2v) is 9.19. The Kier molecular flexibility index (Phi) is 5.55. The summed E-state index contributed by atoms with van der Waals surface area (Å²) in [6.45, 7) is 1.24. The Balaban J connectivity index is 1.42. The number of nitrogens with zero attached hydrogens (tertiary/aromatic N) is 3. The van der Waals surface area contributed by atoms with E-state index in [-0.39, 0.29) is 11.9 Å². The van der Waals surface area contributed by atoms with E-state index in [1.165, 1.54) is 25.0 Å². The monoisotopic (exact) mass is 450 g/mol. The number of carbonyl (C=O) groups excluding carboxylic acids is 1. The summed E-state index contributed by atoms with van der Waals surface area (Å²) >= 11 is 5.94. The average Bonchev–Trinajstić information content (AvgIpc) is 3.57. The molecule has 0 unspecified atom stereocenters. The Morgan fingerprint density at radius 2 is 2.03 bits per heavy atom. The quantitative estimate of drug-likeness (QED) is 0.562. The number of carbonyl (C=O) groups is 1. The lowest BCUT2D eigenvalue weighted by Crippen LogP contribution is -2.50. The van der Waals surface area contributed by atoms with Gasteiger partial charge in [0.1, 0.15) is 11.6 Å². The van der Waals surface area contributed by atoms with E-state index in [4.69, 9.17) is 11.6 Å². The van der Waals surface area contributed by atoms with Crippen LogP contribution in [0.15, 0.2) is 60.9 Å². The van der Waals surface area contributed by atoms with Gasteiger partial charge in [0.15, 0.2) is 0 Å². The van der Waals surface area contributed by atoms with Crippen molar-refractivity contribution in [2.75, 3.05) is 18.4 Å². The summed E-state index contributed by atoms with van der Waals surface area (Å²) in [5, 5.41) is 3.93. The highest BCUT2D eigenvalue weighted by Gasteiger charge is 2.49. The van der Waals surface area contributed by atoms with Crippen molar-refractivity contribution in [3.8, 4) is 11.3 Å². The number of amides is 1. The second-order valence-electron chi connectivity index (χ2n) is 8.75. The molecule has 5 nitrogen and oxygen atoms in total. The summed E-state index contributed by atoms with van der Waals surface area (Å²) in [6, 6.07) is 13.5. The number of pyridine rings is 2. The number of piperidine rings is 1. The van der Waals surface area contributed by atoms with Gasteiger partial charge in [-0.25, -0.2) is 9.37 Å². The van der Waals surface area contributed by atoms with Crippen molar-refractivity contribution >= 4 is 23.3 Å². The fourth-order valence-corrected chi connectivity index (χ4v) is 4.74.